The first-order valence-electron chi connectivity index (χ1n) is 12.4. The molecule has 4 rings (SSSR count). The average Bonchev–Trinajstić information content (AvgIpc) is 3.32. The summed E-state index contributed by atoms with van der Waals surface area (Å²) >= 11 is 0. The first kappa shape index (κ1) is 26.9. The van der Waals surface area contributed by atoms with Gasteiger partial charge in [0.2, 0.25) is 5.95 Å². The molecule has 1 aromatic carbocycles. The van der Waals surface area contributed by atoms with Crippen LogP contribution in [-0.2, 0) is 4.74 Å². The second-order valence-electron chi connectivity index (χ2n) is 9.64. The number of hydrogen-bond donors (Lipinski definition) is 3. The van der Waals surface area contributed by atoms with Crippen molar-refractivity contribution < 1.29 is 27.8 Å². The summed E-state index contributed by atoms with van der Waals surface area (Å²) in [5.74, 6) is 0.524. The molecule has 2 saturated heterocycles. The van der Waals surface area contributed by atoms with E-state index in [-0.39, 0.29) is 25.7 Å². The van der Waals surface area contributed by atoms with Crippen LogP contribution in [0, 0.1) is 12.8 Å². The van der Waals surface area contributed by atoms with Crippen LogP contribution in [0.4, 0.5) is 35.4 Å². The number of amides is 2. The fraction of sp³-hybridized carbons (Fsp3) is 0.560. The molecule has 9 nitrogen and oxygen atoms in total. The molecule has 2 aliphatic rings. The average molecular weight is 523 g/mol. The summed E-state index contributed by atoms with van der Waals surface area (Å²) in [5, 5.41) is 15.4. The molecule has 3 N–H and O–H groups in total. The summed E-state index contributed by atoms with van der Waals surface area (Å²) in [4.78, 5) is 25.6. The zero-order valence-electron chi connectivity index (χ0n) is 21.0. The van der Waals surface area contributed by atoms with Crippen LogP contribution in [0.5, 0.6) is 0 Å². The van der Waals surface area contributed by atoms with Crippen molar-refractivity contribution in [1.29, 1.82) is 0 Å². The number of nitrogens with zero attached hydrogens (tertiary/aromatic N) is 4. The van der Waals surface area contributed by atoms with Gasteiger partial charge in [-0.2, -0.15) is 18.2 Å². The Morgan fingerprint density at radius 2 is 1.97 bits per heavy atom. The van der Waals surface area contributed by atoms with Crippen molar-refractivity contribution in [2.75, 3.05) is 61.5 Å². The van der Waals surface area contributed by atoms with Gasteiger partial charge in [-0.3, -0.25) is 0 Å². The highest BCUT2D eigenvalue weighted by Gasteiger charge is 2.36. The molecule has 3 heterocycles. The maximum Gasteiger partial charge on any atom is 0.389 e. The number of morpholine rings is 1. The zero-order chi connectivity index (χ0) is 26.6. The lowest BCUT2D eigenvalue weighted by atomic mass is 10.0. The molecular weight excluding hydrogens is 489 g/mol. The van der Waals surface area contributed by atoms with Gasteiger partial charge in [0, 0.05) is 56.0 Å². The standard InChI is InChI=1S/C25H33F3N6O3/c1-16-3-4-19(30-24(36)34-6-5-18(14-34)13-25(26,27)28)11-20(16)21-12-22(33-7-9-37-10-8-33)32-23(31-21)29-17(2)15-35/h3-4,11-12,17-18,35H,5-10,13-15H2,1-2H3,(H,30,36)(H,29,31,32)/t17-,18-/m0/s1. The third kappa shape index (κ3) is 7.22. The maximum absolute atomic E-state index is 12.8. The van der Waals surface area contributed by atoms with Crippen molar-refractivity contribution in [2.24, 2.45) is 5.92 Å². The Balaban J connectivity index is 1.55. The Labute approximate surface area is 214 Å². The van der Waals surface area contributed by atoms with Gasteiger partial charge in [-0.15, -0.1) is 0 Å². The minimum absolute atomic E-state index is 0.0803. The quantitative estimate of drug-likeness (QED) is 0.507. The molecule has 2 aliphatic heterocycles. The summed E-state index contributed by atoms with van der Waals surface area (Å²) in [6, 6.07) is 6.65. The highest BCUT2D eigenvalue weighted by atomic mass is 19.4. The van der Waals surface area contributed by atoms with Crippen LogP contribution >= 0.6 is 0 Å². The Morgan fingerprint density at radius 1 is 1.22 bits per heavy atom. The van der Waals surface area contributed by atoms with Gasteiger partial charge in [-0.05, 0) is 43.9 Å². The second-order valence-corrected chi connectivity index (χ2v) is 9.64. The van der Waals surface area contributed by atoms with Crippen LogP contribution in [0.25, 0.3) is 11.3 Å². The molecule has 0 saturated carbocycles. The fourth-order valence-electron chi connectivity index (χ4n) is 4.55. The van der Waals surface area contributed by atoms with Crippen molar-refractivity contribution in [3.8, 4) is 11.3 Å². The molecule has 12 heteroatoms. The fourth-order valence-corrected chi connectivity index (χ4v) is 4.55. The predicted molar refractivity (Wildman–Crippen MR) is 135 cm³/mol. The van der Waals surface area contributed by atoms with Gasteiger partial charge in [-0.25, -0.2) is 9.78 Å². The van der Waals surface area contributed by atoms with Gasteiger partial charge in [0.15, 0.2) is 0 Å². The Hall–Kier alpha value is -3.12. The lowest BCUT2D eigenvalue weighted by Gasteiger charge is -2.28. The van der Waals surface area contributed by atoms with Gasteiger partial charge in [0.05, 0.1) is 25.5 Å². The molecule has 0 spiro atoms. The molecule has 2 amide bonds. The van der Waals surface area contributed by atoms with E-state index in [9.17, 15) is 23.1 Å². The number of aliphatic hydroxyl groups is 1. The second kappa shape index (κ2) is 11.5. The van der Waals surface area contributed by atoms with Gasteiger partial charge >= 0.3 is 12.2 Å². The van der Waals surface area contributed by atoms with Crippen LogP contribution in [0.15, 0.2) is 24.3 Å². The summed E-state index contributed by atoms with van der Waals surface area (Å²) < 4.78 is 43.7. The third-order valence-corrected chi connectivity index (χ3v) is 6.56. The highest BCUT2D eigenvalue weighted by Crippen LogP contribution is 2.32. The number of likely N-dealkylation sites (tertiary alicyclic amines) is 1. The third-order valence-electron chi connectivity index (χ3n) is 6.56. The smallest absolute Gasteiger partial charge is 0.389 e. The summed E-state index contributed by atoms with van der Waals surface area (Å²) in [6.45, 7) is 6.60. The van der Waals surface area contributed by atoms with Crippen molar-refractivity contribution >= 4 is 23.5 Å². The molecule has 0 aliphatic carbocycles. The van der Waals surface area contributed by atoms with E-state index in [0.29, 0.717) is 50.1 Å². The number of carbonyl (C=O) groups excluding carboxylic acids is 1. The molecule has 2 aromatic rings. The lowest BCUT2D eigenvalue weighted by Crippen LogP contribution is -2.37. The van der Waals surface area contributed by atoms with E-state index >= 15 is 0 Å². The summed E-state index contributed by atoms with van der Waals surface area (Å²) in [7, 11) is 0. The van der Waals surface area contributed by atoms with E-state index < -0.39 is 24.5 Å². The monoisotopic (exact) mass is 522 g/mol. The number of carbonyl (C=O) groups is 1. The molecule has 2 fully saturated rings. The Bertz CT molecular complexity index is 1090. The first-order valence-corrected chi connectivity index (χ1v) is 12.4. The van der Waals surface area contributed by atoms with E-state index in [0.717, 1.165) is 16.9 Å². The topological polar surface area (TPSA) is 103 Å². The number of hydrogen-bond acceptors (Lipinski definition) is 7. The summed E-state index contributed by atoms with van der Waals surface area (Å²) in [5.41, 5.74) is 2.88. The SMILES string of the molecule is Cc1ccc(NC(=O)N2CC[C@@H](CC(F)(F)F)C2)cc1-c1cc(N2CCOCC2)nc(N[C@@H](C)CO)n1. The normalized spacial score (nSPS) is 19.1. The molecule has 202 valence electrons. The number of rotatable bonds is 7. The van der Waals surface area contributed by atoms with Gasteiger partial charge in [0.1, 0.15) is 5.82 Å². The largest absolute Gasteiger partial charge is 0.394 e. The summed E-state index contributed by atoms with van der Waals surface area (Å²) in [6.07, 6.45) is -4.78. The highest BCUT2D eigenvalue weighted by molar-refractivity contribution is 5.90. The Kier molecular flexibility index (Phi) is 8.38. The number of aryl methyl sites for hydroxylation is 1. The van der Waals surface area contributed by atoms with Crippen molar-refractivity contribution in [3.63, 3.8) is 0 Å². The minimum atomic E-state index is -4.23. The number of alkyl halides is 3. The van der Waals surface area contributed by atoms with Crippen LogP contribution in [-0.4, -0.2) is 84.2 Å². The molecule has 1 aromatic heterocycles. The lowest BCUT2D eigenvalue weighted by molar-refractivity contribution is -0.143. The van der Waals surface area contributed by atoms with Crippen LogP contribution in [0.1, 0.15) is 25.3 Å². The molecule has 0 unspecified atom stereocenters. The van der Waals surface area contributed by atoms with E-state index in [1.807, 2.05) is 26.0 Å². The van der Waals surface area contributed by atoms with Crippen LogP contribution < -0.4 is 15.5 Å². The van der Waals surface area contributed by atoms with Crippen LogP contribution in [0.3, 0.4) is 0 Å². The van der Waals surface area contributed by atoms with Crippen molar-refractivity contribution in [1.82, 2.24) is 14.9 Å². The number of ether oxygens (including phenoxy) is 1. The van der Waals surface area contributed by atoms with Crippen molar-refractivity contribution in [2.45, 2.75) is 38.9 Å². The van der Waals surface area contributed by atoms with E-state index in [1.165, 1.54) is 4.90 Å². The molecule has 37 heavy (non-hydrogen) atoms. The number of nitrogens with one attached hydrogen (secondary N) is 2. The number of benzene rings is 1. The maximum atomic E-state index is 12.8. The number of halogens is 3. The van der Waals surface area contributed by atoms with Crippen LogP contribution in [0.2, 0.25) is 0 Å². The van der Waals surface area contributed by atoms with Gasteiger partial charge in [0.25, 0.3) is 0 Å². The molecular formula is C25H33F3N6O3. The number of urea groups is 1. The number of aromatic nitrogens is 2. The van der Waals surface area contributed by atoms with E-state index in [2.05, 4.69) is 25.5 Å². The van der Waals surface area contributed by atoms with Gasteiger partial charge in [-0.1, -0.05) is 6.07 Å². The predicted octanol–water partition coefficient (Wildman–Crippen LogP) is 3.89. The number of anilines is 3. The molecule has 2 atom stereocenters. The molecule has 0 bridgehead atoms. The van der Waals surface area contributed by atoms with E-state index in [1.54, 1.807) is 12.1 Å². The molecule has 0 radical (unpaired) electrons. The van der Waals surface area contributed by atoms with Crippen molar-refractivity contribution in [3.05, 3.63) is 29.8 Å². The number of aliphatic hydroxyl groups excluding tert-OH is 1. The minimum Gasteiger partial charge on any atom is -0.394 e. The Morgan fingerprint density at radius 3 is 2.68 bits per heavy atom. The zero-order valence-corrected chi connectivity index (χ0v) is 21.0. The van der Waals surface area contributed by atoms with E-state index in [4.69, 9.17) is 4.74 Å². The van der Waals surface area contributed by atoms with Gasteiger partial charge < -0.3 is 30.3 Å². The first-order chi connectivity index (χ1) is 17.6.